The Kier molecular flexibility index (Phi) is 3.51. The Bertz CT molecular complexity index is 582. The molecule has 0 atom stereocenters. The smallest absolute Gasteiger partial charge is 0.129 e. The van der Waals surface area contributed by atoms with Crippen molar-refractivity contribution in [2.24, 2.45) is 7.05 Å². The molecule has 1 heterocycles. The fourth-order valence-electron chi connectivity index (χ4n) is 2.17. The summed E-state index contributed by atoms with van der Waals surface area (Å²) >= 11 is 0. The number of aromatic nitrogens is 2. The van der Waals surface area contributed by atoms with Crippen LogP contribution >= 0.6 is 0 Å². The highest BCUT2D eigenvalue weighted by Gasteiger charge is 2.14. The third kappa shape index (κ3) is 2.43. The SMILES string of the molecule is CC(C)c1ccc(N(C)C)c(-c2cnn(C)c2N)c1. The topological polar surface area (TPSA) is 47.1 Å². The van der Waals surface area contributed by atoms with Crippen LogP contribution in [0.5, 0.6) is 0 Å². The number of anilines is 2. The van der Waals surface area contributed by atoms with E-state index in [4.69, 9.17) is 5.73 Å². The van der Waals surface area contributed by atoms with Crippen molar-refractivity contribution in [3.63, 3.8) is 0 Å². The lowest BCUT2D eigenvalue weighted by atomic mass is 9.96. The Morgan fingerprint density at radius 2 is 1.89 bits per heavy atom. The van der Waals surface area contributed by atoms with E-state index in [1.54, 1.807) is 4.68 Å². The maximum atomic E-state index is 6.11. The maximum Gasteiger partial charge on any atom is 0.129 e. The zero-order valence-electron chi connectivity index (χ0n) is 12.3. The van der Waals surface area contributed by atoms with Gasteiger partial charge in [0.2, 0.25) is 0 Å². The first-order chi connectivity index (χ1) is 8.91. The van der Waals surface area contributed by atoms with Gasteiger partial charge in [0.05, 0.1) is 6.20 Å². The van der Waals surface area contributed by atoms with Crippen LogP contribution in [0.3, 0.4) is 0 Å². The van der Waals surface area contributed by atoms with Gasteiger partial charge in [-0.05, 0) is 23.6 Å². The molecule has 2 rings (SSSR count). The molecule has 1 aromatic heterocycles. The Morgan fingerprint density at radius 1 is 1.21 bits per heavy atom. The highest BCUT2D eigenvalue weighted by molar-refractivity contribution is 5.84. The molecule has 2 aromatic rings. The van der Waals surface area contributed by atoms with Gasteiger partial charge in [0, 0.05) is 38.0 Å². The van der Waals surface area contributed by atoms with E-state index in [2.05, 4.69) is 42.0 Å². The Hall–Kier alpha value is -1.97. The molecule has 19 heavy (non-hydrogen) atoms. The molecule has 0 amide bonds. The summed E-state index contributed by atoms with van der Waals surface area (Å²) in [5.41, 5.74) is 10.7. The molecule has 0 aliphatic heterocycles. The van der Waals surface area contributed by atoms with E-state index in [0.29, 0.717) is 11.7 Å². The molecular formula is C15H22N4. The maximum absolute atomic E-state index is 6.11. The molecule has 102 valence electrons. The van der Waals surface area contributed by atoms with Crippen molar-refractivity contribution in [2.75, 3.05) is 24.7 Å². The van der Waals surface area contributed by atoms with Crippen LogP contribution in [0, 0.1) is 0 Å². The lowest BCUT2D eigenvalue weighted by molar-refractivity contribution is 0.779. The van der Waals surface area contributed by atoms with Gasteiger partial charge in [0.15, 0.2) is 0 Å². The van der Waals surface area contributed by atoms with Crippen molar-refractivity contribution >= 4 is 11.5 Å². The molecule has 0 bridgehead atoms. The van der Waals surface area contributed by atoms with Gasteiger partial charge in [-0.1, -0.05) is 19.9 Å². The number of nitrogens with zero attached hydrogens (tertiary/aromatic N) is 3. The number of hydrogen-bond acceptors (Lipinski definition) is 3. The van der Waals surface area contributed by atoms with Gasteiger partial charge in [-0.2, -0.15) is 5.10 Å². The molecular weight excluding hydrogens is 236 g/mol. The Morgan fingerprint density at radius 3 is 2.37 bits per heavy atom. The molecule has 0 radical (unpaired) electrons. The van der Waals surface area contributed by atoms with E-state index < -0.39 is 0 Å². The highest BCUT2D eigenvalue weighted by Crippen LogP contribution is 2.35. The quantitative estimate of drug-likeness (QED) is 0.921. The molecule has 0 spiro atoms. The molecule has 0 aliphatic carbocycles. The third-order valence-corrected chi connectivity index (χ3v) is 3.44. The lowest BCUT2D eigenvalue weighted by Crippen LogP contribution is -2.10. The van der Waals surface area contributed by atoms with Crippen LogP contribution in [-0.2, 0) is 7.05 Å². The number of benzene rings is 1. The van der Waals surface area contributed by atoms with Gasteiger partial charge < -0.3 is 10.6 Å². The van der Waals surface area contributed by atoms with E-state index in [1.165, 1.54) is 5.56 Å². The first kappa shape index (κ1) is 13.5. The lowest BCUT2D eigenvalue weighted by Gasteiger charge is -2.19. The zero-order chi connectivity index (χ0) is 14.2. The van der Waals surface area contributed by atoms with Crippen LogP contribution in [-0.4, -0.2) is 23.9 Å². The number of hydrogen-bond donors (Lipinski definition) is 1. The second kappa shape index (κ2) is 4.96. The molecule has 4 nitrogen and oxygen atoms in total. The summed E-state index contributed by atoms with van der Waals surface area (Å²) in [5.74, 6) is 1.19. The zero-order valence-corrected chi connectivity index (χ0v) is 12.3. The van der Waals surface area contributed by atoms with Crippen LogP contribution in [0.4, 0.5) is 11.5 Å². The van der Waals surface area contributed by atoms with Crippen molar-refractivity contribution in [3.05, 3.63) is 30.0 Å². The van der Waals surface area contributed by atoms with E-state index in [-0.39, 0.29) is 0 Å². The summed E-state index contributed by atoms with van der Waals surface area (Å²) in [6, 6.07) is 6.54. The number of nitrogen functional groups attached to an aromatic ring is 1. The fraction of sp³-hybridized carbons (Fsp3) is 0.400. The number of aryl methyl sites for hydroxylation is 1. The summed E-state index contributed by atoms with van der Waals surface area (Å²) in [6.45, 7) is 4.39. The van der Waals surface area contributed by atoms with E-state index in [0.717, 1.165) is 16.8 Å². The van der Waals surface area contributed by atoms with Gasteiger partial charge in [0.25, 0.3) is 0 Å². The van der Waals surface area contributed by atoms with Gasteiger partial charge >= 0.3 is 0 Å². The minimum Gasteiger partial charge on any atom is -0.383 e. The Balaban J connectivity index is 2.64. The van der Waals surface area contributed by atoms with Gasteiger partial charge in [-0.15, -0.1) is 0 Å². The summed E-state index contributed by atoms with van der Waals surface area (Å²) in [6.07, 6.45) is 1.84. The normalized spacial score (nSPS) is 11.1. The van der Waals surface area contributed by atoms with Crippen molar-refractivity contribution in [1.29, 1.82) is 0 Å². The van der Waals surface area contributed by atoms with Gasteiger partial charge in [0.1, 0.15) is 5.82 Å². The van der Waals surface area contributed by atoms with Gasteiger partial charge in [-0.3, -0.25) is 4.68 Å². The monoisotopic (exact) mass is 258 g/mol. The molecule has 4 heteroatoms. The van der Waals surface area contributed by atoms with Crippen LogP contribution in [0.2, 0.25) is 0 Å². The molecule has 0 unspecified atom stereocenters. The minimum atomic E-state index is 0.493. The van der Waals surface area contributed by atoms with Crippen molar-refractivity contribution in [3.8, 4) is 11.1 Å². The molecule has 0 aliphatic rings. The second-order valence-electron chi connectivity index (χ2n) is 5.39. The molecule has 0 saturated carbocycles. The van der Waals surface area contributed by atoms with Crippen LogP contribution in [0.1, 0.15) is 25.3 Å². The van der Waals surface area contributed by atoms with Crippen molar-refractivity contribution in [2.45, 2.75) is 19.8 Å². The predicted molar refractivity (Wildman–Crippen MR) is 81.5 cm³/mol. The number of rotatable bonds is 3. The van der Waals surface area contributed by atoms with Crippen LogP contribution < -0.4 is 10.6 Å². The fourth-order valence-corrected chi connectivity index (χ4v) is 2.17. The first-order valence-corrected chi connectivity index (χ1v) is 6.51. The van der Waals surface area contributed by atoms with E-state index in [1.807, 2.05) is 27.3 Å². The second-order valence-corrected chi connectivity index (χ2v) is 5.39. The average molecular weight is 258 g/mol. The highest BCUT2D eigenvalue weighted by atomic mass is 15.3. The number of nitrogens with two attached hydrogens (primary N) is 1. The molecule has 1 aromatic carbocycles. The first-order valence-electron chi connectivity index (χ1n) is 6.51. The van der Waals surface area contributed by atoms with E-state index in [9.17, 15) is 0 Å². The summed E-state index contributed by atoms with van der Waals surface area (Å²) < 4.78 is 1.71. The third-order valence-electron chi connectivity index (χ3n) is 3.44. The average Bonchev–Trinajstić information content (AvgIpc) is 2.69. The summed E-state index contributed by atoms with van der Waals surface area (Å²) in [5, 5.41) is 4.24. The summed E-state index contributed by atoms with van der Waals surface area (Å²) in [7, 11) is 5.95. The standard InChI is InChI=1S/C15H22N4/c1-10(2)11-6-7-14(18(3)4)12(8-11)13-9-17-19(5)15(13)16/h6-10H,16H2,1-5H3. The molecule has 2 N–H and O–H groups in total. The van der Waals surface area contributed by atoms with E-state index >= 15 is 0 Å². The molecule has 0 saturated heterocycles. The summed E-state index contributed by atoms with van der Waals surface area (Å²) in [4.78, 5) is 2.10. The molecule has 0 fully saturated rings. The van der Waals surface area contributed by atoms with Crippen molar-refractivity contribution < 1.29 is 0 Å². The van der Waals surface area contributed by atoms with Crippen LogP contribution in [0.25, 0.3) is 11.1 Å². The Labute approximate surface area is 114 Å². The predicted octanol–water partition coefficient (Wildman–Crippen LogP) is 2.86. The minimum absolute atomic E-state index is 0.493. The van der Waals surface area contributed by atoms with Crippen molar-refractivity contribution in [1.82, 2.24) is 9.78 Å². The van der Waals surface area contributed by atoms with Crippen LogP contribution in [0.15, 0.2) is 24.4 Å². The van der Waals surface area contributed by atoms with Gasteiger partial charge in [-0.25, -0.2) is 0 Å². The largest absolute Gasteiger partial charge is 0.383 e.